The Kier molecular flexibility index (Phi) is 4.70. The zero-order valence-electron chi connectivity index (χ0n) is 14.9. The van der Waals surface area contributed by atoms with E-state index in [1.54, 1.807) is 12.3 Å². The molecule has 8 heteroatoms. The summed E-state index contributed by atoms with van der Waals surface area (Å²) in [5, 5.41) is 13.4. The van der Waals surface area contributed by atoms with Crippen LogP contribution in [0.2, 0.25) is 0 Å². The molecule has 146 valence electrons. The molecular formula is C20H19F3N4O. The second kappa shape index (κ2) is 7.18. The number of hydrogen-bond donors (Lipinski definition) is 3. The molecule has 1 aromatic heterocycles. The van der Waals surface area contributed by atoms with E-state index in [4.69, 9.17) is 0 Å². The van der Waals surface area contributed by atoms with Crippen LogP contribution in [0.1, 0.15) is 36.3 Å². The number of alkyl halides is 3. The lowest BCUT2D eigenvalue weighted by Gasteiger charge is -2.15. The van der Waals surface area contributed by atoms with Crippen molar-refractivity contribution in [2.75, 3.05) is 5.32 Å². The second-order valence-electron chi connectivity index (χ2n) is 7.06. The van der Waals surface area contributed by atoms with E-state index >= 15 is 0 Å². The van der Waals surface area contributed by atoms with Gasteiger partial charge in [-0.3, -0.25) is 5.10 Å². The highest BCUT2D eigenvalue weighted by atomic mass is 19.4. The van der Waals surface area contributed by atoms with Gasteiger partial charge in [0.25, 0.3) is 0 Å². The molecule has 1 heterocycles. The fraction of sp³-hybridized carbons (Fsp3) is 0.300. The molecule has 1 aliphatic rings. The third-order valence-corrected chi connectivity index (χ3v) is 5.21. The van der Waals surface area contributed by atoms with Crippen LogP contribution in [0.25, 0.3) is 10.9 Å². The van der Waals surface area contributed by atoms with E-state index in [1.807, 2.05) is 12.1 Å². The number of carbonyl (C=O) groups excluding carboxylic acids is 1. The topological polar surface area (TPSA) is 69.8 Å². The predicted octanol–water partition coefficient (Wildman–Crippen LogP) is 5.04. The summed E-state index contributed by atoms with van der Waals surface area (Å²) in [7, 11) is 0. The Labute approximate surface area is 159 Å². The fourth-order valence-corrected chi connectivity index (χ4v) is 3.78. The fourth-order valence-electron chi connectivity index (χ4n) is 3.78. The van der Waals surface area contributed by atoms with Crippen LogP contribution in [0.3, 0.4) is 0 Å². The second-order valence-corrected chi connectivity index (χ2v) is 7.06. The molecule has 2 atom stereocenters. The number of fused-ring (bicyclic) bond motifs is 1. The Balaban J connectivity index is 1.35. The highest BCUT2D eigenvalue weighted by molar-refractivity contribution is 6.00. The number of benzene rings is 2. The van der Waals surface area contributed by atoms with Gasteiger partial charge in [-0.05, 0) is 55.0 Å². The van der Waals surface area contributed by atoms with Crippen LogP contribution in [0.4, 0.5) is 23.7 Å². The van der Waals surface area contributed by atoms with Crippen LogP contribution >= 0.6 is 0 Å². The van der Waals surface area contributed by atoms with Crippen LogP contribution in [-0.2, 0) is 6.18 Å². The van der Waals surface area contributed by atoms with Crippen molar-refractivity contribution in [2.45, 2.75) is 37.4 Å². The summed E-state index contributed by atoms with van der Waals surface area (Å²) in [6.45, 7) is 0. The maximum atomic E-state index is 12.7. The maximum absolute atomic E-state index is 12.7. The van der Waals surface area contributed by atoms with Crippen LogP contribution in [-0.4, -0.2) is 22.3 Å². The van der Waals surface area contributed by atoms with E-state index in [0.717, 1.165) is 41.4 Å². The molecule has 3 aromatic rings. The van der Waals surface area contributed by atoms with Crippen molar-refractivity contribution >= 4 is 22.6 Å². The van der Waals surface area contributed by atoms with Gasteiger partial charge >= 0.3 is 12.2 Å². The number of amides is 2. The normalized spacial score (nSPS) is 19.7. The maximum Gasteiger partial charge on any atom is 0.416 e. The number of hydrogen-bond acceptors (Lipinski definition) is 2. The Morgan fingerprint density at radius 2 is 1.89 bits per heavy atom. The lowest BCUT2D eigenvalue weighted by Crippen LogP contribution is -2.36. The quantitative estimate of drug-likeness (QED) is 0.588. The number of nitrogens with one attached hydrogen (secondary N) is 3. The van der Waals surface area contributed by atoms with E-state index in [1.165, 1.54) is 12.1 Å². The largest absolute Gasteiger partial charge is 0.416 e. The summed E-state index contributed by atoms with van der Waals surface area (Å²) in [6, 6.07) is 10.5. The van der Waals surface area contributed by atoms with Crippen molar-refractivity contribution in [3.8, 4) is 0 Å². The smallest absolute Gasteiger partial charge is 0.335 e. The third-order valence-electron chi connectivity index (χ3n) is 5.21. The molecule has 28 heavy (non-hydrogen) atoms. The van der Waals surface area contributed by atoms with Gasteiger partial charge in [0.05, 0.1) is 23.0 Å². The number of halogens is 3. The van der Waals surface area contributed by atoms with Crippen molar-refractivity contribution in [1.29, 1.82) is 0 Å². The number of nitrogens with zero attached hydrogens (tertiary/aromatic N) is 1. The molecule has 0 unspecified atom stereocenters. The van der Waals surface area contributed by atoms with Crippen LogP contribution in [0, 0.1) is 0 Å². The van der Waals surface area contributed by atoms with Gasteiger partial charge in [-0.25, -0.2) is 4.79 Å². The average Bonchev–Trinajstić information content (AvgIpc) is 3.31. The first kappa shape index (κ1) is 18.3. The van der Waals surface area contributed by atoms with E-state index in [9.17, 15) is 18.0 Å². The van der Waals surface area contributed by atoms with E-state index < -0.39 is 11.7 Å². The zero-order valence-corrected chi connectivity index (χ0v) is 14.9. The molecule has 3 N–H and O–H groups in total. The van der Waals surface area contributed by atoms with Gasteiger partial charge in [0, 0.05) is 11.4 Å². The monoisotopic (exact) mass is 388 g/mol. The molecule has 2 amide bonds. The SMILES string of the molecule is O=C(Nc1cccc2[nH]ncc12)N[C@H]1CC[C@H](c2ccc(C(F)(F)F)cc2)C1. The number of anilines is 1. The Hall–Kier alpha value is -3.03. The lowest BCUT2D eigenvalue weighted by atomic mass is 9.96. The average molecular weight is 388 g/mol. The highest BCUT2D eigenvalue weighted by Gasteiger charge is 2.31. The molecule has 5 nitrogen and oxygen atoms in total. The standard InChI is InChI=1S/C20H19F3N4O/c21-20(22,23)14-7-4-12(5-8-14)13-6-9-15(10-13)25-19(28)26-17-2-1-3-18-16(17)11-24-27-18/h1-5,7-8,11,13,15H,6,9-10H2,(H,24,27)(H2,25,26,28)/t13-,15-/m0/s1. The molecule has 1 saturated carbocycles. The minimum Gasteiger partial charge on any atom is -0.335 e. The first-order chi connectivity index (χ1) is 13.4. The highest BCUT2D eigenvalue weighted by Crippen LogP contribution is 2.36. The predicted molar refractivity (Wildman–Crippen MR) is 100 cm³/mol. The minimum absolute atomic E-state index is 0.0177. The molecule has 2 aromatic carbocycles. The summed E-state index contributed by atoms with van der Waals surface area (Å²) >= 11 is 0. The van der Waals surface area contributed by atoms with Gasteiger partial charge in [0.15, 0.2) is 0 Å². The van der Waals surface area contributed by atoms with E-state index in [0.29, 0.717) is 12.1 Å². The van der Waals surface area contributed by atoms with Gasteiger partial charge in [0.1, 0.15) is 0 Å². The van der Waals surface area contributed by atoms with Crippen molar-refractivity contribution in [2.24, 2.45) is 0 Å². The number of aromatic nitrogens is 2. The number of urea groups is 1. The summed E-state index contributed by atoms with van der Waals surface area (Å²) in [5.41, 5.74) is 1.74. The van der Waals surface area contributed by atoms with Crippen molar-refractivity contribution in [3.63, 3.8) is 0 Å². The molecular weight excluding hydrogens is 369 g/mol. The lowest BCUT2D eigenvalue weighted by molar-refractivity contribution is -0.137. The Morgan fingerprint density at radius 3 is 2.64 bits per heavy atom. The van der Waals surface area contributed by atoms with Crippen LogP contribution in [0.5, 0.6) is 0 Å². The Morgan fingerprint density at radius 1 is 1.11 bits per heavy atom. The number of aromatic amines is 1. The summed E-state index contributed by atoms with van der Waals surface area (Å²) in [4.78, 5) is 12.4. The van der Waals surface area contributed by atoms with Crippen LogP contribution in [0.15, 0.2) is 48.7 Å². The van der Waals surface area contributed by atoms with Crippen LogP contribution < -0.4 is 10.6 Å². The Bertz CT molecular complexity index is 981. The van der Waals surface area contributed by atoms with Crippen molar-refractivity contribution in [1.82, 2.24) is 15.5 Å². The number of carbonyl (C=O) groups is 1. The van der Waals surface area contributed by atoms with E-state index in [2.05, 4.69) is 20.8 Å². The van der Waals surface area contributed by atoms with Gasteiger partial charge in [-0.15, -0.1) is 0 Å². The molecule has 0 spiro atoms. The first-order valence-electron chi connectivity index (χ1n) is 9.07. The molecule has 0 bridgehead atoms. The van der Waals surface area contributed by atoms with Gasteiger partial charge < -0.3 is 10.6 Å². The third kappa shape index (κ3) is 3.81. The zero-order chi connectivity index (χ0) is 19.7. The minimum atomic E-state index is -4.33. The summed E-state index contributed by atoms with van der Waals surface area (Å²) < 4.78 is 38.1. The number of H-pyrrole nitrogens is 1. The number of rotatable bonds is 3. The van der Waals surface area contributed by atoms with Gasteiger partial charge in [-0.2, -0.15) is 18.3 Å². The molecule has 0 radical (unpaired) electrons. The molecule has 0 aliphatic heterocycles. The van der Waals surface area contributed by atoms with Gasteiger partial charge in [-0.1, -0.05) is 18.2 Å². The molecule has 1 fully saturated rings. The van der Waals surface area contributed by atoms with Gasteiger partial charge in [0.2, 0.25) is 0 Å². The van der Waals surface area contributed by atoms with Crippen molar-refractivity contribution < 1.29 is 18.0 Å². The summed E-state index contributed by atoms with van der Waals surface area (Å²) in [5.74, 6) is 0.143. The summed E-state index contributed by atoms with van der Waals surface area (Å²) in [6.07, 6.45) is -0.354. The van der Waals surface area contributed by atoms with Crippen molar-refractivity contribution in [3.05, 3.63) is 59.8 Å². The first-order valence-corrected chi connectivity index (χ1v) is 9.07. The molecule has 1 aliphatic carbocycles. The molecule has 4 rings (SSSR count). The molecule has 0 saturated heterocycles. The van der Waals surface area contributed by atoms with E-state index in [-0.39, 0.29) is 18.0 Å².